The van der Waals surface area contributed by atoms with Crippen LogP contribution < -0.4 is 16.5 Å². The first-order valence-corrected chi connectivity index (χ1v) is 11.0. The number of pyridine rings is 1. The molecule has 172 valence electrons. The zero-order valence-electron chi connectivity index (χ0n) is 19.8. The van der Waals surface area contributed by atoms with E-state index in [9.17, 15) is 9.59 Å². The molecule has 0 fully saturated rings. The molecule has 0 saturated carbocycles. The second-order valence-corrected chi connectivity index (χ2v) is 6.88. The average molecular weight is 442 g/mol. The molecule has 4 N–H and O–H groups in total. The van der Waals surface area contributed by atoms with Crippen molar-refractivity contribution in [3.05, 3.63) is 40.4 Å². The van der Waals surface area contributed by atoms with E-state index in [1.807, 2.05) is 34.6 Å². The molecule has 0 atom stereocenters. The number of carbonyl (C=O) groups is 2. The highest BCUT2D eigenvalue weighted by Crippen LogP contribution is 2.16. The Hall–Kier alpha value is -2.12. The minimum Gasteiger partial charge on any atom is -0.364 e. The molecular weight excluding hydrogens is 402 g/mol. The lowest BCUT2D eigenvalue weighted by Crippen LogP contribution is -2.46. The maximum atomic E-state index is 12.4. The fourth-order valence-corrected chi connectivity index (χ4v) is 2.42. The van der Waals surface area contributed by atoms with Gasteiger partial charge in [-0.2, -0.15) is 0 Å². The first-order chi connectivity index (χ1) is 14.2. The van der Waals surface area contributed by atoms with Crippen molar-refractivity contribution in [3.63, 3.8) is 0 Å². The lowest BCUT2D eigenvalue weighted by molar-refractivity contribution is -0.116. The van der Waals surface area contributed by atoms with Gasteiger partial charge in [0.25, 0.3) is 11.8 Å². The van der Waals surface area contributed by atoms with Gasteiger partial charge in [0.05, 0.1) is 0 Å². The number of aromatic nitrogens is 1. The molecule has 30 heavy (non-hydrogen) atoms. The summed E-state index contributed by atoms with van der Waals surface area (Å²) in [5, 5.41) is 4.78. The molecule has 2 amide bonds. The Morgan fingerprint density at radius 2 is 1.73 bits per heavy atom. The molecule has 0 unspecified atom stereocenters. The predicted octanol–water partition coefficient (Wildman–Crippen LogP) is 4.64. The largest absolute Gasteiger partial charge is 0.364 e. The van der Waals surface area contributed by atoms with Crippen LogP contribution in [0.1, 0.15) is 84.6 Å². The van der Waals surface area contributed by atoms with Crippen LogP contribution >= 0.6 is 11.6 Å². The zero-order valence-corrected chi connectivity index (χ0v) is 20.6. The van der Waals surface area contributed by atoms with Crippen molar-refractivity contribution < 1.29 is 9.59 Å². The quantitative estimate of drug-likeness (QED) is 0.383. The molecule has 0 aromatic carbocycles. The molecule has 0 aliphatic heterocycles. The molecule has 0 aliphatic rings. The third-order valence-corrected chi connectivity index (χ3v) is 3.97. The van der Waals surface area contributed by atoms with Crippen LogP contribution in [0.5, 0.6) is 0 Å². The van der Waals surface area contributed by atoms with Crippen LogP contribution in [0.3, 0.4) is 0 Å². The fourth-order valence-electron chi connectivity index (χ4n) is 2.26. The molecule has 8 heteroatoms. The van der Waals surface area contributed by atoms with Gasteiger partial charge in [-0.25, -0.2) is 5.43 Å². The van der Waals surface area contributed by atoms with Gasteiger partial charge in [-0.3, -0.25) is 19.6 Å². The highest BCUT2D eigenvalue weighted by Gasteiger charge is 2.23. The Morgan fingerprint density at radius 1 is 1.17 bits per heavy atom. The highest BCUT2D eigenvalue weighted by molar-refractivity contribution is 6.30. The number of hydrazine groups is 1. The molecule has 0 spiro atoms. The van der Waals surface area contributed by atoms with E-state index in [1.54, 1.807) is 18.1 Å². The maximum absolute atomic E-state index is 12.4. The monoisotopic (exact) mass is 441 g/mol. The number of hydrogen-bond donors (Lipinski definition) is 3. The number of amides is 2. The minimum absolute atomic E-state index is 0.0365. The van der Waals surface area contributed by atoms with Crippen LogP contribution in [0.2, 0.25) is 5.02 Å². The van der Waals surface area contributed by atoms with Crippen molar-refractivity contribution in [1.29, 1.82) is 0 Å². The average Bonchev–Trinajstić information content (AvgIpc) is 2.72. The normalized spacial score (nSPS) is 10.7. The molecule has 1 aromatic heterocycles. The number of rotatable bonds is 9. The number of primary amides is 1. The van der Waals surface area contributed by atoms with Gasteiger partial charge in [-0.15, -0.1) is 0 Å². The first-order valence-electron chi connectivity index (χ1n) is 10.7. The van der Waals surface area contributed by atoms with E-state index >= 15 is 0 Å². The molecule has 0 saturated heterocycles. The van der Waals surface area contributed by atoms with Gasteiger partial charge >= 0.3 is 0 Å². The van der Waals surface area contributed by atoms with Gasteiger partial charge in [0, 0.05) is 30.0 Å². The Kier molecular flexibility index (Phi) is 17.8. The summed E-state index contributed by atoms with van der Waals surface area (Å²) < 4.78 is 0. The number of unbranched alkanes of at least 4 members (excludes halogenated alkanes) is 1. The van der Waals surface area contributed by atoms with Crippen LogP contribution in [0.15, 0.2) is 29.7 Å². The molecule has 1 heterocycles. The number of nitrogens with one attached hydrogen (secondary N) is 2. The van der Waals surface area contributed by atoms with Crippen LogP contribution in [0.25, 0.3) is 0 Å². The number of carbonyl (C=O) groups excluding carboxylic acids is 2. The summed E-state index contributed by atoms with van der Waals surface area (Å²) in [6.45, 7) is 14.1. The highest BCUT2D eigenvalue weighted by atomic mass is 35.5. The van der Waals surface area contributed by atoms with Gasteiger partial charge in [0.2, 0.25) is 0 Å². The third kappa shape index (κ3) is 11.2. The second-order valence-electron chi connectivity index (χ2n) is 6.44. The number of nitrogens with two attached hydrogens (primary N) is 1. The first kappa shape index (κ1) is 30.1. The van der Waals surface area contributed by atoms with E-state index in [4.69, 9.17) is 17.3 Å². The van der Waals surface area contributed by atoms with Crippen LogP contribution in [0, 0.1) is 0 Å². The zero-order chi connectivity index (χ0) is 23.7. The molecule has 7 nitrogen and oxygen atoms in total. The van der Waals surface area contributed by atoms with Crippen molar-refractivity contribution in [3.8, 4) is 0 Å². The summed E-state index contributed by atoms with van der Waals surface area (Å²) in [5.74, 6) is -1.07. The summed E-state index contributed by atoms with van der Waals surface area (Å²) in [6, 6.07) is 3.01. The lowest BCUT2D eigenvalue weighted by atomic mass is 10.1. The number of hydrogen-bond acceptors (Lipinski definition) is 5. The molecule has 0 aliphatic carbocycles. The minimum atomic E-state index is -0.624. The summed E-state index contributed by atoms with van der Waals surface area (Å²) >= 11 is 5.89. The van der Waals surface area contributed by atoms with E-state index < -0.39 is 11.8 Å². The van der Waals surface area contributed by atoms with Gasteiger partial charge in [0.15, 0.2) is 0 Å². The number of allylic oxidation sites excluding steroid dienone is 1. The van der Waals surface area contributed by atoms with Gasteiger partial charge in [0.1, 0.15) is 11.4 Å². The Bertz CT molecular complexity index is 661. The van der Waals surface area contributed by atoms with Crippen LogP contribution in [0.4, 0.5) is 0 Å². The van der Waals surface area contributed by atoms with Crippen molar-refractivity contribution in [2.24, 2.45) is 5.73 Å². The predicted molar refractivity (Wildman–Crippen MR) is 126 cm³/mol. The maximum Gasteiger partial charge on any atom is 0.274 e. The molecule has 1 rings (SSSR count). The molecular formula is C22H40ClN5O2. The SMILES string of the molecule is CC.CCC/C(NC(=O)c1cc(Cl)ccn1)=C(/C(N)=O)N(NC)C(C)C.CCCC. The van der Waals surface area contributed by atoms with Crippen molar-refractivity contribution in [2.75, 3.05) is 7.05 Å². The lowest BCUT2D eigenvalue weighted by Gasteiger charge is -2.30. The second kappa shape index (κ2) is 17.7. The summed E-state index contributed by atoms with van der Waals surface area (Å²) in [6.07, 6.45) is 5.30. The summed E-state index contributed by atoms with van der Waals surface area (Å²) in [7, 11) is 1.69. The third-order valence-electron chi connectivity index (χ3n) is 3.74. The van der Waals surface area contributed by atoms with Gasteiger partial charge < -0.3 is 11.1 Å². The van der Waals surface area contributed by atoms with E-state index in [2.05, 4.69) is 29.6 Å². The summed E-state index contributed by atoms with van der Waals surface area (Å²) in [5.41, 5.74) is 9.32. The standard InChI is InChI=1S/C16H24ClN5O2.C4H10.C2H6/c1-5-6-12(14(15(18)23)22(19-4)10(2)3)21-16(24)13-9-11(17)7-8-20-13;1-3-4-2;1-2/h7-10,19H,5-6H2,1-4H3,(H2,18,23)(H,21,24);3-4H2,1-2H3;1-2H3/b14-12+;;. The van der Waals surface area contributed by atoms with Gasteiger partial charge in [-0.05, 0) is 32.4 Å². The van der Waals surface area contributed by atoms with Crippen molar-refractivity contribution >= 4 is 23.4 Å². The summed E-state index contributed by atoms with van der Waals surface area (Å²) in [4.78, 5) is 28.4. The molecule has 0 bridgehead atoms. The van der Waals surface area contributed by atoms with Gasteiger partial charge in [-0.1, -0.05) is 65.5 Å². The van der Waals surface area contributed by atoms with E-state index in [1.165, 1.54) is 25.1 Å². The number of halogens is 1. The molecule has 1 aromatic rings. The van der Waals surface area contributed by atoms with E-state index in [0.717, 1.165) is 6.42 Å². The van der Waals surface area contributed by atoms with E-state index in [-0.39, 0.29) is 17.4 Å². The Labute approximate surface area is 187 Å². The Balaban J connectivity index is 0. The fraction of sp³-hybridized carbons (Fsp3) is 0.591. The van der Waals surface area contributed by atoms with E-state index in [0.29, 0.717) is 17.1 Å². The molecule has 0 radical (unpaired) electrons. The topological polar surface area (TPSA) is 100 Å². The number of nitrogens with zero attached hydrogens (tertiary/aromatic N) is 2. The van der Waals surface area contributed by atoms with Crippen LogP contribution in [-0.2, 0) is 4.79 Å². The van der Waals surface area contributed by atoms with Crippen molar-refractivity contribution in [1.82, 2.24) is 20.7 Å². The smallest absolute Gasteiger partial charge is 0.274 e. The Morgan fingerprint density at radius 3 is 2.10 bits per heavy atom. The van der Waals surface area contributed by atoms with Crippen LogP contribution in [-0.4, -0.2) is 34.9 Å². The van der Waals surface area contributed by atoms with Crippen molar-refractivity contribution in [2.45, 2.75) is 80.2 Å².